The first-order chi connectivity index (χ1) is 11.8. The maximum atomic E-state index is 10.6. The molecule has 2 rings (SSSR count). The Labute approximate surface area is 146 Å². The van der Waals surface area contributed by atoms with Gasteiger partial charge in [0, 0.05) is 14.1 Å². The van der Waals surface area contributed by atoms with Crippen LogP contribution in [0.4, 0.5) is 5.82 Å². The van der Waals surface area contributed by atoms with Crippen LogP contribution in [-0.2, 0) is 4.74 Å². The number of fused-ring (bicyclic) bond motifs is 1. The van der Waals surface area contributed by atoms with E-state index in [0.29, 0.717) is 17.0 Å². The number of hydrogen-bond donors (Lipinski definition) is 3. The van der Waals surface area contributed by atoms with Crippen molar-refractivity contribution < 1.29 is 20.1 Å². The minimum atomic E-state index is -1.56. The molecule has 0 aromatic carbocycles. The Balaban J connectivity index is 2.52. The van der Waals surface area contributed by atoms with Crippen molar-refractivity contribution in [3.8, 4) is 0 Å². The number of aromatic nitrogens is 3. The summed E-state index contributed by atoms with van der Waals surface area (Å²) in [7, 11) is 3.70. The first-order valence-electron chi connectivity index (χ1n) is 7.93. The average molecular weight is 351 g/mol. The van der Waals surface area contributed by atoms with Gasteiger partial charge in [-0.2, -0.15) is 5.10 Å². The van der Waals surface area contributed by atoms with Crippen molar-refractivity contribution in [3.63, 3.8) is 0 Å². The zero-order valence-corrected chi connectivity index (χ0v) is 14.9. The van der Waals surface area contributed by atoms with Crippen molar-refractivity contribution in [2.45, 2.75) is 31.7 Å². The molecule has 0 aliphatic carbocycles. The molecule has 2 heterocycles. The van der Waals surface area contributed by atoms with Crippen molar-refractivity contribution in [3.05, 3.63) is 24.2 Å². The van der Waals surface area contributed by atoms with E-state index in [1.54, 1.807) is 34.8 Å². The lowest BCUT2D eigenvalue weighted by Gasteiger charge is -2.32. The summed E-state index contributed by atoms with van der Waals surface area (Å²) in [4.78, 5) is 10.2. The van der Waals surface area contributed by atoms with Crippen LogP contribution >= 0.6 is 0 Å². The van der Waals surface area contributed by atoms with E-state index >= 15 is 0 Å². The fourth-order valence-corrected chi connectivity index (χ4v) is 2.30. The Morgan fingerprint density at radius 1 is 1.40 bits per heavy atom. The molecule has 1 unspecified atom stereocenters. The van der Waals surface area contributed by atoms with Crippen molar-refractivity contribution in [2.24, 2.45) is 4.99 Å². The van der Waals surface area contributed by atoms with Gasteiger partial charge >= 0.3 is 0 Å². The lowest BCUT2D eigenvalue weighted by atomic mass is 9.97. The van der Waals surface area contributed by atoms with Crippen LogP contribution in [0.1, 0.15) is 25.6 Å². The van der Waals surface area contributed by atoms with Gasteiger partial charge < -0.3 is 25.0 Å². The predicted molar refractivity (Wildman–Crippen MR) is 92.9 cm³/mol. The van der Waals surface area contributed by atoms with E-state index in [-0.39, 0.29) is 6.61 Å². The summed E-state index contributed by atoms with van der Waals surface area (Å²) in [5.41, 5.74) is -0.400. The van der Waals surface area contributed by atoms with Gasteiger partial charge in [-0.25, -0.2) is 14.5 Å². The van der Waals surface area contributed by atoms with Gasteiger partial charge in [0.15, 0.2) is 5.82 Å². The van der Waals surface area contributed by atoms with Gasteiger partial charge in [-0.1, -0.05) is 0 Å². The van der Waals surface area contributed by atoms with Gasteiger partial charge in [-0.15, -0.1) is 0 Å². The van der Waals surface area contributed by atoms with Gasteiger partial charge in [0.1, 0.15) is 23.5 Å². The summed E-state index contributed by atoms with van der Waals surface area (Å²) in [6, 6.07) is 3.50. The molecule has 0 aliphatic rings. The van der Waals surface area contributed by atoms with E-state index in [0.717, 1.165) is 0 Å². The van der Waals surface area contributed by atoms with Crippen LogP contribution in [0.25, 0.3) is 5.52 Å². The number of aliphatic imine (C=N–C) groups is 1. The topological polar surface area (TPSA) is 116 Å². The highest BCUT2D eigenvalue weighted by Crippen LogP contribution is 2.32. The third-order valence-electron chi connectivity index (χ3n) is 3.65. The minimum absolute atomic E-state index is 0.214. The normalized spacial score (nSPS) is 16.9. The fourth-order valence-electron chi connectivity index (χ4n) is 2.30. The van der Waals surface area contributed by atoms with E-state index in [2.05, 4.69) is 15.1 Å². The first kappa shape index (κ1) is 19.3. The molecule has 9 nitrogen and oxygen atoms in total. The van der Waals surface area contributed by atoms with Crippen molar-refractivity contribution in [1.29, 1.82) is 0 Å². The standard InChI is InChI=1S/C16H25N5O4/c1-11(7-22)25-14(16(2,24)8-23)12-5-6-13-15(18-10-20(3)4)17-9-19-21(12)13/h5-6,9-11,14,22-24H,7-8H2,1-4H3/t11?,14-,16+/m0/s1. The smallest absolute Gasteiger partial charge is 0.181 e. The van der Waals surface area contributed by atoms with E-state index in [9.17, 15) is 15.3 Å². The molecular weight excluding hydrogens is 326 g/mol. The number of hydrogen-bond acceptors (Lipinski definition) is 7. The van der Waals surface area contributed by atoms with E-state index in [4.69, 9.17) is 4.74 Å². The van der Waals surface area contributed by atoms with E-state index in [1.807, 2.05) is 14.1 Å². The molecule has 2 aromatic rings. The molecule has 138 valence electrons. The summed E-state index contributed by atoms with van der Waals surface area (Å²) < 4.78 is 7.32. The molecule has 25 heavy (non-hydrogen) atoms. The molecule has 2 aromatic heterocycles. The maximum absolute atomic E-state index is 10.6. The Bertz CT molecular complexity index is 728. The van der Waals surface area contributed by atoms with Gasteiger partial charge in [-0.3, -0.25) is 0 Å². The first-order valence-corrected chi connectivity index (χ1v) is 7.93. The maximum Gasteiger partial charge on any atom is 0.181 e. The average Bonchev–Trinajstić information content (AvgIpc) is 3.01. The van der Waals surface area contributed by atoms with E-state index < -0.39 is 24.4 Å². The molecule has 0 fully saturated rings. The highest BCUT2D eigenvalue weighted by Gasteiger charge is 2.37. The quantitative estimate of drug-likeness (QED) is 0.457. The van der Waals surface area contributed by atoms with Gasteiger partial charge in [-0.05, 0) is 26.0 Å². The highest BCUT2D eigenvalue weighted by atomic mass is 16.5. The largest absolute Gasteiger partial charge is 0.394 e. The monoisotopic (exact) mass is 351 g/mol. The van der Waals surface area contributed by atoms with Crippen molar-refractivity contribution >= 4 is 17.7 Å². The molecule has 0 amide bonds. The van der Waals surface area contributed by atoms with Crippen molar-refractivity contribution in [1.82, 2.24) is 19.5 Å². The number of rotatable bonds is 8. The Morgan fingerprint density at radius 3 is 2.72 bits per heavy atom. The lowest BCUT2D eigenvalue weighted by molar-refractivity contribution is -0.152. The van der Waals surface area contributed by atoms with Crippen LogP contribution in [0.5, 0.6) is 0 Å². The van der Waals surface area contributed by atoms with Crippen LogP contribution in [0.15, 0.2) is 23.5 Å². The van der Waals surface area contributed by atoms with Crippen LogP contribution in [0.3, 0.4) is 0 Å². The highest BCUT2D eigenvalue weighted by molar-refractivity contribution is 5.70. The second-order valence-corrected chi connectivity index (χ2v) is 6.37. The Morgan fingerprint density at radius 2 is 2.12 bits per heavy atom. The zero-order valence-electron chi connectivity index (χ0n) is 14.9. The summed E-state index contributed by atoms with van der Waals surface area (Å²) >= 11 is 0. The molecular formula is C16H25N5O4. The molecule has 3 N–H and O–H groups in total. The van der Waals surface area contributed by atoms with Gasteiger partial charge in [0.05, 0.1) is 31.4 Å². The molecule has 3 atom stereocenters. The van der Waals surface area contributed by atoms with E-state index in [1.165, 1.54) is 13.3 Å². The Kier molecular flexibility index (Phi) is 6.07. The second-order valence-electron chi connectivity index (χ2n) is 6.37. The van der Waals surface area contributed by atoms with Crippen molar-refractivity contribution in [2.75, 3.05) is 27.3 Å². The lowest BCUT2D eigenvalue weighted by Crippen LogP contribution is -2.41. The molecule has 0 saturated carbocycles. The molecule has 0 saturated heterocycles. The van der Waals surface area contributed by atoms with Crippen LogP contribution < -0.4 is 0 Å². The summed E-state index contributed by atoms with van der Waals surface area (Å²) in [5.74, 6) is 0.465. The molecule has 0 spiro atoms. The van der Waals surface area contributed by atoms with Crippen LogP contribution in [-0.4, -0.2) is 80.2 Å². The second kappa shape index (κ2) is 7.87. The summed E-state index contributed by atoms with van der Waals surface area (Å²) in [6.45, 7) is 2.42. The van der Waals surface area contributed by atoms with Gasteiger partial charge in [0.2, 0.25) is 0 Å². The summed E-state index contributed by atoms with van der Waals surface area (Å²) in [5, 5.41) is 33.6. The molecule has 0 radical (unpaired) electrons. The fraction of sp³-hybridized carbons (Fsp3) is 0.562. The molecule has 0 aliphatic heterocycles. The number of aliphatic hydroxyl groups excluding tert-OH is 2. The SMILES string of the molecule is CC(CO)O[C@@H](c1ccc2c(N=CN(C)C)ncnn12)[C@](C)(O)CO. The van der Waals surface area contributed by atoms with Gasteiger partial charge in [0.25, 0.3) is 0 Å². The number of nitrogens with zero attached hydrogens (tertiary/aromatic N) is 5. The predicted octanol–water partition coefficient (Wildman–Crippen LogP) is 0.132. The number of ether oxygens (including phenoxy) is 1. The zero-order chi connectivity index (χ0) is 18.6. The third kappa shape index (κ3) is 4.31. The molecule has 0 bridgehead atoms. The third-order valence-corrected chi connectivity index (χ3v) is 3.65. The Hall–Kier alpha value is -2.07. The van der Waals surface area contributed by atoms with Crippen LogP contribution in [0, 0.1) is 0 Å². The summed E-state index contributed by atoms with van der Waals surface area (Å²) in [6.07, 6.45) is 1.56. The number of aliphatic hydroxyl groups is 3. The van der Waals surface area contributed by atoms with Crippen LogP contribution in [0.2, 0.25) is 0 Å². The molecule has 9 heteroatoms. The minimum Gasteiger partial charge on any atom is -0.394 e.